The number of likely N-dealkylation sites (tertiary alicyclic amines) is 2. The summed E-state index contributed by atoms with van der Waals surface area (Å²) in [5, 5.41) is 0.815. The van der Waals surface area contributed by atoms with E-state index in [9.17, 15) is 4.39 Å². The maximum Gasteiger partial charge on any atom is 0.127 e. The Kier molecular flexibility index (Phi) is 37.6. The molecule has 6 aromatic carbocycles. The number of rotatable bonds is 18. The first-order chi connectivity index (χ1) is 42.2. The van der Waals surface area contributed by atoms with Gasteiger partial charge in [0.15, 0.2) is 0 Å². The van der Waals surface area contributed by atoms with Crippen LogP contribution in [0.4, 0.5) is 4.39 Å². The zero-order valence-electron chi connectivity index (χ0n) is 60.2. The molecular formula is C84H128ClFN2O. The summed E-state index contributed by atoms with van der Waals surface area (Å²) in [5.41, 5.74) is 9.30. The summed E-state index contributed by atoms with van der Waals surface area (Å²) < 4.78 is 18.9. The number of hydrogen-bond acceptors (Lipinski definition) is 3. The lowest BCUT2D eigenvalue weighted by molar-refractivity contribution is 0.0997. The summed E-state index contributed by atoms with van der Waals surface area (Å²) in [5.74, 6) is 11.5. The minimum Gasteiger partial charge on any atom is -0.382 e. The van der Waals surface area contributed by atoms with Crippen molar-refractivity contribution in [3.63, 3.8) is 0 Å². The molecule has 3 fully saturated rings. The van der Waals surface area contributed by atoms with Crippen molar-refractivity contribution in [2.75, 3.05) is 40.3 Å². The summed E-state index contributed by atoms with van der Waals surface area (Å²) in [6.45, 7) is 48.3. The second-order valence-corrected chi connectivity index (χ2v) is 29.8. The van der Waals surface area contributed by atoms with Crippen molar-refractivity contribution in [1.82, 2.24) is 9.80 Å². The first kappa shape index (κ1) is 78.7. The maximum absolute atomic E-state index is 13.8. The highest BCUT2D eigenvalue weighted by molar-refractivity contribution is 6.30. The topological polar surface area (TPSA) is 15.7 Å². The average Bonchev–Trinajstić information content (AvgIpc) is 1.86. The fourth-order valence-corrected chi connectivity index (χ4v) is 13.0. The van der Waals surface area contributed by atoms with Crippen LogP contribution in [-0.4, -0.2) is 56.2 Å². The van der Waals surface area contributed by atoms with Gasteiger partial charge in [0.25, 0.3) is 0 Å². The molecule has 6 aromatic rings. The Balaban J connectivity index is 0.000000275. The van der Waals surface area contributed by atoms with Gasteiger partial charge < -0.3 is 9.64 Å². The summed E-state index contributed by atoms with van der Waals surface area (Å²) in [6.07, 6.45) is 8.13. The van der Waals surface area contributed by atoms with Gasteiger partial charge in [-0.15, -0.1) is 0 Å². The third-order valence-electron chi connectivity index (χ3n) is 18.8. The van der Waals surface area contributed by atoms with Crippen LogP contribution >= 0.6 is 11.6 Å². The Morgan fingerprint density at radius 1 is 0.494 bits per heavy atom. The normalized spacial score (nSPS) is 19.4. The van der Waals surface area contributed by atoms with Crippen molar-refractivity contribution in [1.29, 1.82) is 0 Å². The van der Waals surface area contributed by atoms with Crippen molar-refractivity contribution in [2.45, 2.75) is 212 Å². The number of nitrogens with zero attached hydrogens (tertiary/aromatic N) is 2. The number of benzene rings is 6. The molecule has 3 nitrogen and oxygen atoms in total. The predicted octanol–water partition coefficient (Wildman–Crippen LogP) is 24.3. The Morgan fingerprint density at radius 3 is 1.35 bits per heavy atom. The fourth-order valence-electron chi connectivity index (χ4n) is 12.8. The molecule has 2 aliphatic heterocycles. The van der Waals surface area contributed by atoms with Gasteiger partial charge in [-0.2, -0.15) is 0 Å². The molecule has 0 spiro atoms. The molecule has 89 heavy (non-hydrogen) atoms. The van der Waals surface area contributed by atoms with Crippen LogP contribution in [0.5, 0.6) is 0 Å². The Labute approximate surface area is 552 Å². The summed E-state index contributed by atoms with van der Waals surface area (Å²) in [7, 11) is 3.99. The van der Waals surface area contributed by atoms with Gasteiger partial charge in [0.05, 0.1) is 6.10 Å². The quantitative estimate of drug-likeness (QED) is 0.0853. The Bertz CT molecular complexity index is 2570. The molecule has 3 aliphatic rings. The Hall–Kier alpha value is -4.58. The number of halogens is 2. The minimum atomic E-state index is -0.0540. The van der Waals surface area contributed by atoms with Gasteiger partial charge in [0.1, 0.15) is 5.82 Å². The molecule has 494 valence electrons. The molecule has 0 radical (unpaired) electrons. The van der Waals surface area contributed by atoms with Gasteiger partial charge in [-0.05, 0) is 200 Å². The van der Waals surface area contributed by atoms with E-state index in [1.165, 1.54) is 73.0 Å². The van der Waals surface area contributed by atoms with Crippen LogP contribution in [0.25, 0.3) is 0 Å². The number of aryl methyl sites for hydroxylation is 1. The lowest BCUT2D eigenvalue weighted by atomic mass is 9.82. The van der Waals surface area contributed by atoms with E-state index in [-0.39, 0.29) is 5.82 Å². The van der Waals surface area contributed by atoms with Crippen molar-refractivity contribution in [2.24, 2.45) is 59.2 Å². The first-order valence-corrected chi connectivity index (χ1v) is 35.2. The fraction of sp³-hybridized carbons (Fsp3) is 0.571. The highest BCUT2D eigenvalue weighted by Crippen LogP contribution is 2.51. The van der Waals surface area contributed by atoms with Crippen molar-refractivity contribution < 1.29 is 9.13 Å². The molecule has 0 aromatic heterocycles. The number of ether oxygens (including phenoxy) is 1. The SMILES string of the molecule is CC(C)C1C[C@H]1c1ccccc1.CC(C)C[C@@H](C)c1ccccc1.CC(C)C[C@H](C)c1ccccc1.CC(C)[C@@H]1CN(C)C[C@H]1c1ccccc1.CC(C)[C@H](C)c1ccc(Cl)cc1.CO[C@H](C)CC(C)C.Cc1cccc(F)c1CN1CCC[C@@H](C(C)C)C1. The number of piperidine rings is 1. The minimum absolute atomic E-state index is 0.0540. The molecule has 1 unspecified atom stereocenters. The monoisotopic (exact) mass is 1230 g/mol. The molecule has 1 saturated carbocycles. The number of methoxy groups -OCH3 is 1. The number of likely N-dealkylation sites (N-methyl/N-ethyl adjacent to an activating group) is 1. The molecule has 5 heteroatoms. The van der Waals surface area contributed by atoms with E-state index in [0.717, 1.165) is 107 Å². The van der Waals surface area contributed by atoms with Gasteiger partial charge in [0, 0.05) is 49.8 Å². The van der Waals surface area contributed by atoms with Crippen molar-refractivity contribution in [3.05, 3.63) is 214 Å². The van der Waals surface area contributed by atoms with Crippen LogP contribution in [0.1, 0.15) is 232 Å². The van der Waals surface area contributed by atoms with Crippen molar-refractivity contribution >= 4 is 11.6 Å². The molecule has 1 aliphatic carbocycles. The van der Waals surface area contributed by atoms with E-state index in [2.05, 4.69) is 275 Å². The van der Waals surface area contributed by atoms with Gasteiger partial charge in [-0.3, -0.25) is 4.90 Å². The second kappa shape index (κ2) is 42.5. The van der Waals surface area contributed by atoms with Gasteiger partial charge >= 0.3 is 0 Å². The third-order valence-corrected chi connectivity index (χ3v) is 19.0. The average molecular weight is 1240 g/mol. The molecule has 9 rings (SSSR count). The molecule has 2 saturated heterocycles. The Morgan fingerprint density at radius 2 is 0.955 bits per heavy atom. The van der Waals surface area contributed by atoms with E-state index in [1.807, 2.05) is 25.1 Å². The summed E-state index contributed by atoms with van der Waals surface area (Å²) in [6, 6.07) is 56.8. The zero-order chi connectivity index (χ0) is 66.2. The predicted molar refractivity (Wildman–Crippen MR) is 390 cm³/mol. The smallest absolute Gasteiger partial charge is 0.127 e. The van der Waals surface area contributed by atoms with E-state index in [1.54, 1.807) is 19.2 Å². The largest absolute Gasteiger partial charge is 0.382 e. The van der Waals surface area contributed by atoms with Gasteiger partial charge in [0.2, 0.25) is 0 Å². The molecule has 0 N–H and O–H groups in total. The van der Waals surface area contributed by atoms with E-state index in [0.29, 0.717) is 29.8 Å². The standard InChI is InChI=1S/C16H24FN.C14H21N.C12H16.2C12H18.C11H15Cl.C7H16O/c1-12(2)14-7-5-9-18(10-14)11-15-13(3)6-4-8-16(15)17;1-11(2)13-9-15(3)10-14(13)12-7-5-4-6-8-12;1-9(2)11-8-12(11)10-6-4-3-5-7-10;2*1-10(2)9-11(3)12-7-5-4-6-8-12;1-8(2)9(3)10-4-6-11(12)7-5-10;1-6(2)5-7(3)8-4/h4,6,8,12,14H,5,7,9-11H2,1-3H3;4-8,11,13-14H,9-10H2,1-3H3;3-7,9,11-12H,8H2,1-2H3;2*4-8,10-11H,9H2,1-3H3;4-9H,1-3H3;6-7H,5H2,1-4H3/t14-;13-,14-;11?,12-;2*11-;9-;7-/m1001001/s1. The van der Waals surface area contributed by atoms with Crippen LogP contribution in [0, 0.1) is 71.9 Å². The van der Waals surface area contributed by atoms with E-state index in [4.69, 9.17) is 16.3 Å². The maximum atomic E-state index is 13.8. The lowest BCUT2D eigenvalue weighted by Crippen LogP contribution is -2.37. The van der Waals surface area contributed by atoms with Gasteiger partial charge in [-0.1, -0.05) is 275 Å². The van der Waals surface area contributed by atoms with Crippen LogP contribution < -0.4 is 0 Å². The van der Waals surface area contributed by atoms with Crippen LogP contribution in [0.2, 0.25) is 5.02 Å². The van der Waals surface area contributed by atoms with Crippen LogP contribution in [-0.2, 0) is 11.3 Å². The third kappa shape index (κ3) is 31.1. The van der Waals surface area contributed by atoms with Gasteiger partial charge in [-0.25, -0.2) is 4.39 Å². The van der Waals surface area contributed by atoms with E-state index >= 15 is 0 Å². The van der Waals surface area contributed by atoms with Crippen molar-refractivity contribution in [3.8, 4) is 0 Å². The number of hydrogen-bond donors (Lipinski definition) is 0. The summed E-state index contributed by atoms with van der Waals surface area (Å²) in [4.78, 5) is 4.88. The molecule has 0 bridgehead atoms. The molecular weight excluding hydrogens is 1110 g/mol. The summed E-state index contributed by atoms with van der Waals surface area (Å²) >= 11 is 5.80. The van der Waals surface area contributed by atoms with Crippen LogP contribution in [0.15, 0.2) is 164 Å². The van der Waals surface area contributed by atoms with E-state index < -0.39 is 0 Å². The molecule has 9 atom stereocenters. The first-order valence-electron chi connectivity index (χ1n) is 34.8. The lowest BCUT2D eigenvalue weighted by Gasteiger charge is -2.35. The molecule has 0 amide bonds. The molecule has 2 heterocycles. The highest BCUT2D eigenvalue weighted by atomic mass is 35.5. The highest BCUT2D eigenvalue weighted by Gasteiger charge is 2.40. The van der Waals surface area contributed by atoms with Crippen LogP contribution in [0.3, 0.4) is 0 Å². The second-order valence-electron chi connectivity index (χ2n) is 29.4. The zero-order valence-corrected chi connectivity index (χ0v) is 60.9.